The Hall–Kier alpha value is -2.68. The van der Waals surface area contributed by atoms with Gasteiger partial charge in [0.05, 0.1) is 12.5 Å². The molecule has 0 spiro atoms. The third kappa shape index (κ3) is 2.26. The van der Waals surface area contributed by atoms with E-state index in [9.17, 15) is 0 Å². The first-order valence-corrected chi connectivity index (χ1v) is 6.37. The average molecular weight is 265 g/mol. The van der Waals surface area contributed by atoms with E-state index < -0.39 is 0 Å². The van der Waals surface area contributed by atoms with E-state index in [-0.39, 0.29) is 0 Å². The molecule has 1 aromatic heterocycles. The van der Waals surface area contributed by atoms with Crippen molar-refractivity contribution in [2.24, 2.45) is 0 Å². The Labute approximate surface area is 117 Å². The smallest absolute Gasteiger partial charge is 0.172 e. The molecule has 0 fully saturated rings. The van der Waals surface area contributed by atoms with Gasteiger partial charge in [0.15, 0.2) is 11.5 Å². The lowest BCUT2D eigenvalue weighted by molar-refractivity contribution is 0.408. The minimum absolute atomic E-state index is 0.713. The first kappa shape index (κ1) is 12.4. The number of hydrogen-bond donors (Lipinski definition) is 1. The van der Waals surface area contributed by atoms with Crippen LogP contribution in [0.3, 0.4) is 0 Å². The maximum absolute atomic E-state index is 5.80. The normalized spacial score (nSPS) is 11.2. The van der Waals surface area contributed by atoms with E-state index in [1.165, 1.54) is 0 Å². The predicted molar refractivity (Wildman–Crippen MR) is 82.5 cm³/mol. The summed E-state index contributed by atoms with van der Waals surface area (Å²) in [6.07, 6.45) is 3.88. The molecule has 0 unspecified atom stereocenters. The molecule has 2 N–H and O–H groups in total. The van der Waals surface area contributed by atoms with Gasteiger partial charge in [0.1, 0.15) is 5.58 Å². The van der Waals surface area contributed by atoms with Crippen LogP contribution in [-0.2, 0) is 0 Å². The summed E-state index contributed by atoms with van der Waals surface area (Å²) >= 11 is 0. The molecule has 3 aromatic rings. The van der Waals surface area contributed by atoms with Crippen molar-refractivity contribution < 1.29 is 9.15 Å². The molecule has 100 valence electrons. The summed E-state index contributed by atoms with van der Waals surface area (Å²) < 4.78 is 11.2. The number of methoxy groups -OCH3 is 1. The second kappa shape index (κ2) is 5.13. The zero-order chi connectivity index (χ0) is 13.9. The summed E-state index contributed by atoms with van der Waals surface area (Å²) in [5, 5.41) is 0.979. The van der Waals surface area contributed by atoms with E-state index in [0.29, 0.717) is 5.76 Å². The summed E-state index contributed by atoms with van der Waals surface area (Å²) in [5.74, 6) is 1.47. The maximum atomic E-state index is 5.80. The molecule has 0 aliphatic rings. The minimum Gasteiger partial charge on any atom is -0.492 e. The summed E-state index contributed by atoms with van der Waals surface area (Å²) in [4.78, 5) is 0. The highest BCUT2D eigenvalue weighted by Crippen LogP contribution is 2.33. The largest absolute Gasteiger partial charge is 0.492 e. The van der Waals surface area contributed by atoms with Gasteiger partial charge in [-0.05, 0) is 35.9 Å². The number of anilines is 1. The number of rotatable bonds is 3. The van der Waals surface area contributed by atoms with Gasteiger partial charge in [-0.1, -0.05) is 30.3 Å². The Morgan fingerprint density at radius 1 is 1.00 bits per heavy atom. The van der Waals surface area contributed by atoms with Crippen molar-refractivity contribution in [3.8, 4) is 5.75 Å². The van der Waals surface area contributed by atoms with E-state index in [4.69, 9.17) is 14.9 Å². The van der Waals surface area contributed by atoms with E-state index in [2.05, 4.69) is 0 Å². The summed E-state index contributed by atoms with van der Waals surface area (Å²) in [6.45, 7) is 0. The van der Waals surface area contributed by atoms with Crippen LogP contribution in [0.2, 0.25) is 0 Å². The van der Waals surface area contributed by atoms with E-state index >= 15 is 0 Å². The summed E-state index contributed by atoms with van der Waals surface area (Å²) in [6, 6.07) is 15.5. The van der Waals surface area contributed by atoms with Gasteiger partial charge in [-0.15, -0.1) is 0 Å². The fraction of sp³-hybridized carbons (Fsp3) is 0.0588. The highest BCUT2D eigenvalue weighted by atomic mass is 16.5. The monoisotopic (exact) mass is 265 g/mol. The molecule has 0 saturated carbocycles. The molecule has 2 aromatic carbocycles. The molecular weight excluding hydrogens is 250 g/mol. The molecule has 0 aliphatic heterocycles. The van der Waals surface area contributed by atoms with Crippen LogP contribution in [0.25, 0.3) is 23.1 Å². The van der Waals surface area contributed by atoms with Gasteiger partial charge in [-0.2, -0.15) is 0 Å². The molecule has 0 saturated heterocycles. The average Bonchev–Trinajstić information content (AvgIpc) is 2.84. The fourth-order valence-corrected chi connectivity index (χ4v) is 2.14. The van der Waals surface area contributed by atoms with Crippen LogP contribution in [0, 0.1) is 0 Å². The Bertz CT molecular complexity index is 754. The Morgan fingerprint density at radius 2 is 1.75 bits per heavy atom. The van der Waals surface area contributed by atoms with Crippen LogP contribution < -0.4 is 10.5 Å². The number of ether oxygens (including phenoxy) is 1. The van der Waals surface area contributed by atoms with E-state index in [0.717, 1.165) is 28.0 Å². The SMILES string of the molecule is COc1c(C=Cc2ccc(N)cc2)oc2ccccc12. The molecule has 3 nitrogen and oxygen atoms in total. The molecule has 3 heteroatoms. The summed E-state index contributed by atoms with van der Waals surface area (Å²) in [5.41, 5.74) is 8.30. The van der Waals surface area contributed by atoms with Crippen molar-refractivity contribution in [2.75, 3.05) is 12.8 Å². The number of hydrogen-bond acceptors (Lipinski definition) is 3. The first-order valence-electron chi connectivity index (χ1n) is 6.37. The number of benzene rings is 2. The van der Waals surface area contributed by atoms with Crippen molar-refractivity contribution in [2.45, 2.75) is 0 Å². The standard InChI is InChI=1S/C17H15NO2/c1-19-17-14-4-2-3-5-15(14)20-16(17)11-8-12-6-9-13(18)10-7-12/h2-11H,18H2,1H3. The highest BCUT2D eigenvalue weighted by molar-refractivity contribution is 5.89. The van der Waals surface area contributed by atoms with Gasteiger partial charge < -0.3 is 14.9 Å². The second-order valence-electron chi connectivity index (χ2n) is 4.50. The van der Waals surface area contributed by atoms with E-state index in [1.807, 2.05) is 60.7 Å². The third-order valence-electron chi connectivity index (χ3n) is 3.14. The van der Waals surface area contributed by atoms with Crippen LogP contribution in [0.5, 0.6) is 5.75 Å². The number of para-hydroxylation sites is 1. The van der Waals surface area contributed by atoms with Gasteiger partial charge in [-0.25, -0.2) is 0 Å². The predicted octanol–water partition coefficient (Wildman–Crippen LogP) is 4.19. The van der Waals surface area contributed by atoms with Crippen LogP contribution in [0.15, 0.2) is 52.9 Å². The van der Waals surface area contributed by atoms with Gasteiger partial charge in [-0.3, -0.25) is 0 Å². The van der Waals surface area contributed by atoms with Crippen molar-refractivity contribution in [3.05, 3.63) is 59.9 Å². The topological polar surface area (TPSA) is 48.4 Å². The molecular formula is C17H15NO2. The molecule has 0 amide bonds. The quantitative estimate of drug-likeness (QED) is 0.722. The minimum atomic E-state index is 0.713. The van der Waals surface area contributed by atoms with Gasteiger partial charge in [0.2, 0.25) is 0 Å². The second-order valence-corrected chi connectivity index (χ2v) is 4.50. The Balaban J connectivity index is 1.99. The Morgan fingerprint density at radius 3 is 2.50 bits per heavy atom. The van der Waals surface area contributed by atoms with Crippen LogP contribution in [0.1, 0.15) is 11.3 Å². The lowest BCUT2D eigenvalue weighted by Crippen LogP contribution is -1.83. The number of fused-ring (bicyclic) bond motifs is 1. The van der Waals surface area contributed by atoms with Gasteiger partial charge in [0, 0.05) is 5.69 Å². The number of nitrogen functional groups attached to an aromatic ring is 1. The van der Waals surface area contributed by atoms with Crippen LogP contribution in [-0.4, -0.2) is 7.11 Å². The van der Waals surface area contributed by atoms with Crippen molar-refractivity contribution in [1.82, 2.24) is 0 Å². The number of furan rings is 1. The van der Waals surface area contributed by atoms with Gasteiger partial charge in [0.25, 0.3) is 0 Å². The maximum Gasteiger partial charge on any atom is 0.172 e. The molecule has 3 rings (SSSR count). The lowest BCUT2D eigenvalue weighted by Gasteiger charge is -1.97. The van der Waals surface area contributed by atoms with Crippen LogP contribution >= 0.6 is 0 Å². The zero-order valence-electron chi connectivity index (χ0n) is 11.2. The molecule has 0 bridgehead atoms. The van der Waals surface area contributed by atoms with Crippen molar-refractivity contribution in [3.63, 3.8) is 0 Å². The number of nitrogens with two attached hydrogens (primary N) is 1. The zero-order valence-corrected chi connectivity index (χ0v) is 11.2. The van der Waals surface area contributed by atoms with E-state index in [1.54, 1.807) is 7.11 Å². The Kier molecular flexibility index (Phi) is 3.17. The summed E-state index contributed by atoms with van der Waals surface area (Å²) in [7, 11) is 1.65. The lowest BCUT2D eigenvalue weighted by atomic mass is 10.2. The molecule has 0 atom stereocenters. The van der Waals surface area contributed by atoms with Gasteiger partial charge >= 0.3 is 0 Å². The van der Waals surface area contributed by atoms with Crippen molar-refractivity contribution in [1.29, 1.82) is 0 Å². The molecule has 0 radical (unpaired) electrons. The fourth-order valence-electron chi connectivity index (χ4n) is 2.14. The highest BCUT2D eigenvalue weighted by Gasteiger charge is 2.11. The third-order valence-corrected chi connectivity index (χ3v) is 3.14. The van der Waals surface area contributed by atoms with Crippen molar-refractivity contribution >= 4 is 28.8 Å². The first-order chi connectivity index (χ1) is 9.78. The molecule has 20 heavy (non-hydrogen) atoms. The van der Waals surface area contributed by atoms with Crippen LogP contribution in [0.4, 0.5) is 5.69 Å². The molecule has 1 heterocycles. The molecule has 0 aliphatic carbocycles.